The first-order valence-corrected chi connectivity index (χ1v) is 21.3. The lowest BCUT2D eigenvalue weighted by molar-refractivity contribution is 0.666. The van der Waals surface area contributed by atoms with Crippen LogP contribution in [0.15, 0.2) is 240 Å². The van der Waals surface area contributed by atoms with Crippen molar-refractivity contribution in [3.63, 3.8) is 0 Å². The lowest BCUT2D eigenvalue weighted by Gasteiger charge is -2.10. The molecule has 0 amide bonds. The Balaban J connectivity index is 1.04. The number of amidine groups is 1. The summed E-state index contributed by atoms with van der Waals surface area (Å²) in [6.45, 7) is 0. The fourth-order valence-corrected chi connectivity index (χ4v) is 8.87. The summed E-state index contributed by atoms with van der Waals surface area (Å²) < 4.78 is 9.19. The Labute approximate surface area is 365 Å². The van der Waals surface area contributed by atoms with Gasteiger partial charge in [-0.05, 0) is 87.8 Å². The van der Waals surface area contributed by atoms with Gasteiger partial charge in [-0.15, -0.1) is 0 Å². The Morgan fingerprint density at radius 3 is 1.62 bits per heavy atom. The second-order valence-corrected chi connectivity index (χ2v) is 15.8. The molecule has 0 saturated heterocycles. The van der Waals surface area contributed by atoms with Crippen LogP contribution in [-0.4, -0.2) is 16.1 Å². The summed E-state index contributed by atoms with van der Waals surface area (Å²) in [5.74, 6) is 0.166. The molecule has 0 fully saturated rings. The number of nitrogens with zero attached hydrogens (tertiary/aromatic N) is 2. The van der Waals surface area contributed by atoms with Crippen molar-refractivity contribution in [1.82, 2.24) is 4.57 Å². The standard InChI is InChI=1S/C59H41N3O/c60-59(61-52(27-13-18-40-16-5-1-6-17-40)45-32-30-44(31-33-45)41-19-7-2-8-20-41)49-26-15-29-56-57(49)48-25-14-28-55(58(48)63-56)62-53-36-34-46(42-21-9-3-10-22-42)38-50(53)51-39-47(35-37-54(51)62)43-23-11-4-12-24-43/h1-17,19-39,60H,18H2/b27-13-,60-59?,61-52+. The van der Waals surface area contributed by atoms with Crippen LogP contribution in [0, 0.1) is 5.41 Å². The van der Waals surface area contributed by atoms with Crippen molar-refractivity contribution in [2.24, 2.45) is 4.99 Å². The molecule has 298 valence electrons. The van der Waals surface area contributed by atoms with Crippen molar-refractivity contribution in [2.45, 2.75) is 6.42 Å². The zero-order valence-electron chi connectivity index (χ0n) is 34.4. The van der Waals surface area contributed by atoms with Crippen LogP contribution in [0.2, 0.25) is 0 Å². The maximum absolute atomic E-state index is 9.60. The van der Waals surface area contributed by atoms with Crippen LogP contribution < -0.4 is 0 Å². The van der Waals surface area contributed by atoms with Gasteiger partial charge in [0.15, 0.2) is 11.4 Å². The molecule has 0 unspecified atom stereocenters. The van der Waals surface area contributed by atoms with E-state index in [0.717, 1.165) is 61.9 Å². The van der Waals surface area contributed by atoms with E-state index in [9.17, 15) is 5.41 Å². The quantitative estimate of drug-likeness (QED) is 0.115. The molecule has 2 aromatic heterocycles. The summed E-state index contributed by atoms with van der Waals surface area (Å²) in [6, 6.07) is 76.1. The van der Waals surface area contributed by atoms with Crippen LogP contribution in [0.5, 0.6) is 0 Å². The molecule has 9 aromatic carbocycles. The van der Waals surface area contributed by atoms with Crippen LogP contribution in [0.25, 0.3) is 82.8 Å². The molecule has 11 rings (SSSR count). The minimum absolute atomic E-state index is 0.166. The summed E-state index contributed by atoms with van der Waals surface area (Å²) in [6.07, 6.45) is 4.92. The van der Waals surface area contributed by atoms with Gasteiger partial charge in [0.25, 0.3) is 0 Å². The Bertz CT molecular complexity index is 3410. The maximum Gasteiger partial charge on any atom is 0.159 e. The molecule has 0 aliphatic heterocycles. The van der Waals surface area contributed by atoms with E-state index in [1.165, 1.54) is 38.6 Å². The number of hydrogen-bond acceptors (Lipinski definition) is 2. The topological polar surface area (TPSA) is 54.3 Å². The number of hydrogen-bond donors (Lipinski definition) is 1. The average Bonchev–Trinajstić information content (AvgIpc) is 3.90. The smallest absolute Gasteiger partial charge is 0.159 e. The minimum Gasteiger partial charge on any atom is -0.454 e. The fraction of sp³-hybridized carbons (Fsp3) is 0.0169. The highest BCUT2D eigenvalue weighted by molar-refractivity contribution is 6.23. The van der Waals surface area contributed by atoms with E-state index in [1.807, 2.05) is 36.4 Å². The van der Waals surface area contributed by atoms with E-state index in [0.29, 0.717) is 11.1 Å². The van der Waals surface area contributed by atoms with E-state index in [4.69, 9.17) is 9.41 Å². The van der Waals surface area contributed by atoms with Crippen molar-refractivity contribution in [3.05, 3.63) is 247 Å². The molecule has 11 aromatic rings. The number of rotatable bonds is 9. The minimum atomic E-state index is 0.166. The first-order valence-electron chi connectivity index (χ1n) is 21.3. The summed E-state index contributed by atoms with van der Waals surface area (Å²) in [5.41, 5.74) is 15.1. The third-order valence-corrected chi connectivity index (χ3v) is 12.0. The Kier molecular flexibility index (Phi) is 9.72. The van der Waals surface area contributed by atoms with Crippen LogP contribution in [-0.2, 0) is 6.42 Å². The highest BCUT2D eigenvalue weighted by Crippen LogP contribution is 2.41. The zero-order chi connectivity index (χ0) is 42.1. The second kappa shape index (κ2) is 16.3. The van der Waals surface area contributed by atoms with Gasteiger partial charge < -0.3 is 8.98 Å². The predicted molar refractivity (Wildman–Crippen MR) is 263 cm³/mol. The number of aliphatic imine (C=N–C) groups is 1. The van der Waals surface area contributed by atoms with E-state index in [2.05, 4.69) is 199 Å². The first kappa shape index (κ1) is 37.6. The number of fused-ring (bicyclic) bond motifs is 6. The first-order chi connectivity index (χ1) is 31.2. The Morgan fingerprint density at radius 1 is 0.492 bits per heavy atom. The van der Waals surface area contributed by atoms with Gasteiger partial charge in [0.2, 0.25) is 0 Å². The Morgan fingerprint density at radius 2 is 1.02 bits per heavy atom. The predicted octanol–water partition coefficient (Wildman–Crippen LogP) is 15.3. The highest BCUT2D eigenvalue weighted by Gasteiger charge is 2.21. The number of para-hydroxylation sites is 1. The molecule has 4 heteroatoms. The molecule has 0 saturated carbocycles. The van der Waals surface area contributed by atoms with Gasteiger partial charge >= 0.3 is 0 Å². The van der Waals surface area contributed by atoms with Gasteiger partial charge in [-0.3, -0.25) is 5.41 Å². The van der Waals surface area contributed by atoms with Gasteiger partial charge in [-0.1, -0.05) is 188 Å². The van der Waals surface area contributed by atoms with Gasteiger partial charge in [0, 0.05) is 32.7 Å². The maximum atomic E-state index is 9.60. The molecule has 0 atom stereocenters. The molecule has 0 aliphatic rings. The Hall–Kier alpha value is -8.34. The van der Waals surface area contributed by atoms with E-state index in [1.54, 1.807) is 0 Å². The lowest BCUT2D eigenvalue weighted by atomic mass is 10.0. The zero-order valence-corrected chi connectivity index (χ0v) is 34.4. The van der Waals surface area contributed by atoms with Crippen LogP contribution in [0.3, 0.4) is 0 Å². The van der Waals surface area contributed by atoms with Crippen molar-refractivity contribution in [3.8, 4) is 39.1 Å². The molecule has 0 spiro atoms. The van der Waals surface area contributed by atoms with Crippen molar-refractivity contribution in [2.75, 3.05) is 0 Å². The summed E-state index contributed by atoms with van der Waals surface area (Å²) in [4.78, 5) is 5.07. The summed E-state index contributed by atoms with van der Waals surface area (Å²) in [5, 5.41) is 13.7. The van der Waals surface area contributed by atoms with Gasteiger partial charge in [0.05, 0.1) is 22.4 Å². The number of aromatic nitrogens is 1. The molecule has 0 aliphatic carbocycles. The number of benzene rings is 9. The molecule has 63 heavy (non-hydrogen) atoms. The largest absolute Gasteiger partial charge is 0.454 e. The van der Waals surface area contributed by atoms with Gasteiger partial charge in [-0.25, -0.2) is 4.99 Å². The summed E-state index contributed by atoms with van der Waals surface area (Å²) >= 11 is 0. The van der Waals surface area contributed by atoms with Crippen LogP contribution in [0.4, 0.5) is 0 Å². The monoisotopic (exact) mass is 807 g/mol. The van der Waals surface area contributed by atoms with E-state index in [-0.39, 0.29) is 5.84 Å². The molecule has 1 N–H and O–H groups in total. The van der Waals surface area contributed by atoms with Gasteiger partial charge in [-0.2, -0.15) is 0 Å². The molecular weight excluding hydrogens is 767 g/mol. The molecular formula is C59H41N3O. The lowest BCUT2D eigenvalue weighted by Crippen LogP contribution is -2.04. The molecule has 4 nitrogen and oxygen atoms in total. The molecule has 0 radical (unpaired) electrons. The SMILES string of the molecule is N=C(/N=C(\C=C/Cc1ccccc1)c1ccc(-c2ccccc2)cc1)c1cccc2oc3c(-n4c5ccc(-c6ccccc6)cc5c5cc(-c6ccccc6)ccc54)cccc3c12. The number of furan rings is 1. The summed E-state index contributed by atoms with van der Waals surface area (Å²) in [7, 11) is 0. The normalized spacial score (nSPS) is 12.0. The molecule has 2 heterocycles. The van der Waals surface area contributed by atoms with Gasteiger partial charge in [0.1, 0.15) is 5.58 Å². The van der Waals surface area contributed by atoms with Crippen molar-refractivity contribution >= 4 is 55.3 Å². The van der Waals surface area contributed by atoms with E-state index >= 15 is 0 Å². The van der Waals surface area contributed by atoms with Crippen molar-refractivity contribution in [1.29, 1.82) is 5.41 Å². The van der Waals surface area contributed by atoms with Crippen LogP contribution >= 0.6 is 0 Å². The van der Waals surface area contributed by atoms with Crippen LogP contribution in [0.1, 0.15) is 16.7 Å². The fourth-order valence-electron chi connectivity index (χ4n) is 8.87. The third kappa shape index (κ3) is 7.14. The third-order valence-electron chi connectivity index (χ3n) is 12.0. The van der Waals surface area contributed by atoms with E-state index < -0.39 is 0 Å². The average molecular weight is 808 g/mol. The number of allylic oxidation sites excluding steroid dienone is 2. The second-order valence-electron chi connectivity index (χ2n) is 15.8. The van der Waals surface area contributed by atoms with Crippen molar-refractivity contribution < 1.29 is 4.42 Å². The highest BCUT2D eigenvalue weighted by atomic mass is 16.3. The number of nitrogens with one attached hydrogen (secondary N) is 1. The molecule has 0 bridgehead atoms.